The molecule has 0 saturated heterocycles. The molecule has 0 atom stereocenters. The highest BCUT2D eigenvalue weighted by atomic mass is 32.2. The smallest absolute Gasteiger partial charge is 0.433 e. The lowest BCUT2D eigenvalue weighted by Gasteiger charge is -2.11. The fraction of sp³-hybridized carbons (Fsp3) is 0.266. The molecule has 8 N–H and O–H groups in total. The van der Waals surface area contributed by atoms with Crippen molar-refractivity contribution in [3.8, 4) is 22.6 Å². The Morgan fingerprint density at radius 2 is 0.713 bits per heavy atom. The van der Waals surface area contributed by atoms with Crippen molar-refractivity contribution in [2.45, 2.75) is 108 Å². The van der Waals surface area contributed by atoms with Gasteiger partial charge in [0.2, 0.25) is 0 Å². The predicted octanol–water partition coefficient (Wildman–Crippen LogP) is 15.1. The molecule has 0 spiro atoms. The fourth-order valence-electron chi connectivity index (χ4n) is 9.57. The first-order valence-electron chi connectivity index (χ1n) is 35.9. The van der Waals surface area contributed by atoms with Gasteiger partial charge in [0, 0.05) is 30.5 Å². The van der Waals surface area contributed by atoms with E-state index >= 15 is 0 Å². The molecule has 0 fully saturated rings. The van der Waals surface area contributed by atoms with Crippen LogP contribution in [0.1, 0.15) is 170 Å². The Hall–Kier alpha value is -13.8. The van der Waals surface area contributed by atoms with E-state index in [1.165, 1.54) is 81.6 Å². The molecule has 0 aliphatic heterocycles. The number of nitrogens with two attached hydrogens (primary N) is 3. The minimum absolute atomic E-state index is 0.0472. The Labute approximate surface area is 723 Å². The van der Waals surface area contributed by atoms with Crippen molar-refractivity contribution in [1.29, 1.82) is 0 Å². The molecule has 50 heteroatoms. The van der Waals surface area contributed by atoms with Gasteiger partial charge in [-0.2, -0.15) is 52.7 Å². The van der Waals surface area contributed by atoms with Crippen molar-refractivity contribution >= 4 is 82.9 Å². The van der Waals surface area contributed by atoms with Crippen LogP contribution in [0.5, 0.6) is 0 Å². The van der Waals surface area contributed by atoms with Gasteiger partial charge >= 0.3 is 60.5 Å². The van der Waals surface area contributed by atoms with E-state index in [0.29, 0.717) is 41.1 Å². The molecule has 10 rings (SSSR count). The number of benzene rings is 1. The summed E-state index contributed by atoms with van der Waals surface area (Å²) in [7, 11) is -10.9. The van der Waals surface area contributed by atoms with Gasteiger partial charge in [0.1, 0.15) is 62.8 Å². The molecule has 0 radical (unpaired) electrons. The first-order valence-corrected chi connectivity index (χ1v) is 41.6. The maximum absolute atomic E-state index is 12.7. The number of alkyl halides is 16. The van der Waals surface area contributed by atoms with Crippen molar-refractivity contribution < 1.29 is 158 Å². The number of carboxylic acids is 2. The molecule has 0 unspecified atom stereocenters. The zero-order valence-corrected chi connectivity index (χ0v) is 71.2. The van der Waals surface area contributed by atoms with Gasteiger partial charge < -0.3 is 46.4 Å². The van der Waals surface area contributed by atoms with Crippen LogP contribution < -0.4 is 17.2 Å². The molecule has 9 aromatic heterocycles. The van der Waals surface area contributed by atoms with Crippen LogP contribution >= 0.6 is 0 Å². The van der Waals surface area contributed by atoms with E-state index in [2.05, 4.69) is 44.9 Å². The average molecular weight is 1900 g/mol. The fourth-order valence-corrected chi connectivity index (χ4v) is 12.1. The first kappa shape index (κ1) is 109. The van der Waals surface area contributed by atoms with Crippen LogP contribution in [0.25, 0.3) is 22.6 Å². The van der Waals surface area contributed by atoms with E-state index in [-0.39, 0.29) is 120 Å². The summed E-state index contributed by atoms with van der Waals surface area (Å²) in [4.78, 5) is 108. The molecule has 0 bridgehead atoms. The number of esters is 4. The number of aromatic carboxylic acids is 2. The molecule has 9 heterocycles. The normalized spacial score (nSPS) is 11.3. The topological polar surface area (TPSA) is 493 Å². The van der Waals surface area contributed by atoms with Crippen LogP contribution in [-0.2, 0) is 73.2 Å². The number of hydrogen-bond acceptors (Lipinski definition) is 28. The number of hydrogen-bond donors (Lipinski definition) is 5. The standard InChI is InChI=1S/C13H10F3NO2S.C12H9F3N2O2S.C11H14N2O4.C10H11F2NO2.C10H11NO4.C8H8F3NO2S.C8H7F2NO2.C7H6F3N3O/c1-20(18,19)10-7-8-11(13(14,15)16)17-12(10)9-5-3-2-4-6-9;1-20(18,19)9-5-6-10(12(13,14)15)17-11(9)8-4-2-3-7-16-8;1-3-16-10(14)7-5-6-8(13-9(7)12)11(15)17-4-2;1-3-15-10(14)7-4-5-8(9(11)12)13-6(7)2;1-3-15-10(14)7-4-5-8(9(12)13)11-6(7)2;1-5-6(15(2,13)14)3-4-7(12-5)8(9,10)11;1-4-5(8(12)13)2-3-6(11-4)7(9)10;8-7(9,10)4-2-1-3(6(12)14)5(11)13-4/h2-8H,1H3;2-7H,1H3;5-6H,3-4H2,1-2H3,(H2,12,13);4-5,9H,3H2,1-2H3;4-5H,3H2,1-2H3,(H,12,13);3-4H,1-2H3;2-3,7H,1H3,(H,12,13);1-2H,(H2,11,13)(H2,12,14). The Bertz CT molecular complexity index is 5860. The van der Waals surface area contributed by atoms with E-state index in [9.17, 15) is 129 Å². The number of aryl methyl sites for hydroxylation is 4. The van der Waals surface area contributed by atoms with Gasteiger partial charge in [-0.15, -0.1) is 0 Å². The molecule has 0 aliphatic rings. The third kappa shape index (κ3) is 34.5. The Morgan fingerprint density at radius 1 is 0.364 bits per heavy atom. The number of anilines is 2. The van der Waals surface area contributed by atoms with E-state index in [0.717, 1.165) is 61.2 Å². The first-order chi connectivity index (χ1) is 59.6. The number of halogens is 16. The number of nitrogens with zero attached hydrogens (tertiary/aromatic N) is 9. The number of carbonyl (C=O) groups excluding carboxylic acids is 5. The number of amides is 1. The molecule has 1 aromatic carbocycles. The van der Waals surface area contributed by atoms with Crippen LogP contribution in [0, 0.1) is 27.7 Å². The number of nitrogen functional groups attached to an aromatic ring is 2. The maximum Gasteiger partial charge on any atom is 0.433 e. The number of rotatable bonds is 18. The van der Waals surface area contributed by atoms with Crippen molar-refractivity contribution in [2.75, 3.05) is 56.7 Å². The second-order valence-electron chi connectivity index (χ2n) is 25.0. The SMILES string of the molecule is CCOC(=O)c1ccc(C(=O)O)nc1C.CCOC(=O)c1ccc(C(=O)OCC)c(N)n1.CCOC(=O)c1ccc(C(F)F)nc1C.CS(=O)(=O)c1ccc(C(F)(F)F)nc1-c1ccccc1.CS(=O)(=O)c1ccc(C(F)(F)F)nc1-c1ccccn1.Cc1nc(C(F)(F)F)ccc1S(C)(=O)=O.Cc1nc(C(F)F)ccc1C(=O)O.NC(=O)c1ccc(C(F)(F)F)nc1N. The number of primary amides is 1. The number of carbonyl (C=O) groups is 7. The number of ether oxygens (including phenoxy) is 4. The van der Waals surface area contributed by atoms with Gasteiger partial charge in [0.15, 0.2) is 35.2 Å². The molecule has 10 aromatic rings. The number of pyridine rings is 9. The van der Waals surface area contributed by atoms with Gasteiger partial charge in [-0.3, -0.25) is 19.7 Å². The maximum atomic E-state index is 12.7. The lowest BCUT2D eigenvalue weighted by molar-refractivity contribution is -0.142. The largest absolute Gasteiger partial charge is 0.478 e. The molecule has 129 heavy (non-hydrogen) atoms. The third-order valence-electron chi connectivity index (χ3n) is 15.4. The molecule has 1 amide bonds. The summed E-state index contributed by atoms with van der Waals surface area (Å²) in [5, 5.41) is 17.2. The second-order valence-corrected chi connectivity index (χ2v) is 31.0. The summed E-state index contributed by atoms with van der Waals surface area (Å²) in [5.41, 5.74) is 11.1. The third-order valence-corrected chi connectivity index (χ3v) is 18.8. The zero-order valence-electron chi connectivity index (χ0n) is 68.8. The lowest BCUT2D eigenvalue weighted by Crippen LogP contribution is -2.17. The number of aromatic nitrogens is 9. The van der Waals surface area contributed by atoms with Crippen molar-refractivity contribution in [2.24, 2.45) is 5.73 Å². The van der Waals surface area contributed by atoms with Crippen molar-refractivity contribution in [1.82, 2.24) is 44.9 Å². The minimum Gasteiger partial charge on any atom is -0.478 e. The van der Waals surface area contributed by atoms with Gasteiger partial charge in [0.05, 0.1) is 97.5 Å². The van der Waals surface area contributed by atoms with Crippen LogP contribution in [-0.4, -0.2) is 167 Å². The van der Waals surface area contributed by atoms with Crippen LogP contribution in [0.15, 0.2) is 166 Å². The van der Waals surface area contributed by atoms with Crippen molar-refractivity contribution in [3.63, 3.8) is 0 Å². The van der Waals surface area contributed by atoms with Gasteiger partial charge in [-0.25, -0.2) is 101 Å². The molecule has 31 nitrogen and oxygen atoms in total. The van der Waals surface area contributed by atoms with Crippen LogP contribution in [0.3, 0.4) is 0 Å². The monoisotopic (exact) mass is 1900 g/mol. The van der Waals surface area contributed by atoms with Crippen LogP contribution in [0.2, 0.25) is 0 Å². The average Bonchev–Trinajstić information content (AvgIpc) is 0.847. The summed E-state index contributed by atoms with van der Waals surface area (Å²) in [5.74, 6) is -5.92. The van der Waals surface area contributed by atoms with Gasteiger partial charge in [-0.05, 0) is 165 Å². The minimum atomic E-state index is -4.65. The highest BCUT2D eigenvalue weighted by Gasteiger charge is 2.37. The van der Waals surface area contributed by atoms with E-state index in [1.54, 1.807) is 58.9 Å². The quantitative estimate of drug-likeness (QED) is 0.0302. The number of sulfone groups is 3. The second kappa shape index (κ2) is 47.7. The highest BCUT2D eigenvalue weighted by molar-refractivity contribution is 7.91. The Balaban J connectivity index is 0.000000382. The Kier molecular flexibility index (Phi) is 40.4. The summed E-state index contributed by atoms with van der Waals surface area (Å²) in [6, 6.07) is 28.7. The lowest BCUT2D eigenvalue weighted by atomic mass is 10.1. The Morgan fingerprint density at radius 3 is 1.08 bits per heavy atom. The summed E-state index contributed by atoms with van der Waals surface area (Å²) in [6.07, 6.45) is -19.6. The molecule has 696 valence electrons. The summed E-state index contributed by atoms with van der Waals surface area (Å²) >= 11 is 0. The van der Waals surface area contributed by atoms with E-state index < -0.39 is 143 Å². The molecule has 0 saturated carbocycles. The summed E-state index contributed by atoms with van der Waals surface area (Å²) in [6.45, 7) is 13.5. The van der Waals surface area contributed by atoms with Crippen molar-refractivity contribution in [3.05, 3.63) is 248 Å². The van der Waals surface area contributed by atoms with Crippen LogP contribution in [0.4, 0.5) is 81.9 Å². The van der Waals surface area contributed by atoms with E-state index in [1.807, 2.05) is 0 Å². The molecular formula is C79H76F16N12O19S3. The summed E-state index contributed by atoms with van der Waals surface area (Å²) < 4.78 is 285. The molecular weight excluding hydrogens is 1820 g/mol. The van der Waals surface area contributed by atoms with Gasteiger partial charge in [0.25, 0.3) is 18.8 Å². The van der Waals surface area contributed by atoms with E-state index in [4.69, 9.17) is 46.4 Å². The highest BCUT2D eigenvalue weighted by Crippen LogP contribution is 2.36. The molecule has 0 aliphatic carbocycles. The zero-order chi connectivity index (χ0) is 98.4. The van der Waals surface area contributed by atoms with Gasteiger partial charge in [-0.1, -0.05) is 36.4 Å². The number of carboxylic acid groups (broad SMARTS) is 2. The predicted molar refractivity (Wildman–Crippen MR) is 426 cm³/mol.